The van der Waals surface area contributed by atoms with E-state index >= 15 is 0 Å². The van der Waals surface area contributed by atoms with Gasteiger partial charge in [-0.1, -0.05) is 78.1 Å². The lowest BCUT2D eigenvalue weighted by Crippen LogP contribution is -2.50. The molecule has 0 aromatic heterocycles. The normalized spacial score (nSPS) is 37.8. The maximum atomic E-state index is 6.32. The largest absolute Gasteiger partial charge is 0.378 e. The third-order valence-electron chi connectivity index (χ3n) is 14.2. The first kappa shape index (κ1) is 35.2. The Kier molecular flexibility index (Phi) is 14.8. The number of ether oxygens (including phenoxy) is 2. The highest BCUT2D eigenvalue weighted by atomic mass is 16.5. The highest BCUT2D eigenvalue weighted by Gasteiger charge is 2.56. The molecule has 5 fully saturated rings. The second-order valence-electron chi connectivity index (χ2n) is 17.4. The van der Waals surface area contributed by atoms with Crippen molar-refractivity contribution in [1.29, 1.82) is 0 Å². The summed E-state index contributed by atoms with van der Waals surface area (Å²) < 4.78 is 12.6. The molecule has 0 radical (unpaired) electrons. The van der Waals surface area contributed by atoms with Gasteiger partial charge >= 0.3 is 0 Å². The lowest BCUT2D eigenvalue weighted by atomic mass is 9.43. The molecule has 0 saturated heterocycles. The molecule has 5 aliphatic rings. The van der Waals surface area contributed by atoms with Crippen LogP contribution in [0, 0.1) is 34.5 Å². The first-order valence-corrected chi connectivity index (χ1v) is 20.9. The van der Waals surface area contributed by atoms with E-state index in [4.69, 9.17) is 9.47 Å². The number of hydrogen-bond donors (Lipinski definition) is 0. The van der Waals surface area contributed by atoms with Crippen LogP contribution in [-0.4, -0.2) is 25.4 Å². The molecule has 0 aromatic carbocycles. The Balaban J connectivity index is 0.892. The minimum absolute atomic E-state index is 0.580. The van der Waals surface area contributed by atoms with Crippen LogP contribution in [0.25, 0.3) is 0 Å². The molecule has 44 heavy (non-hydrogen) atoms. The smallest absolute Gasteiger partial charge is 0.0575 e. The predicted octanol–water partition coefficient (Wildman–Crippen LogP) is 13.0. The van der Waals surface area contributed by atoms with Crippen molar-refractivity contribution in [3.63, 3.8) is 0 Å². The summed E-state index contributed by atoms with van der Waals surface area (Å²) in [5, 5.41) is 0. The van der Waals surface area contributed by atoms with Crippen molar-refractivity contribution >= 4 is 0 Å². The highest BCUT2D eigenvalue weighted by Crippen LogP contribution is 2.67. The second kappa shape index (κ2) is 18.5. The zero-order valence-electron chi connectivity index (χ0n) is 29.9. The molecule has 0 aliphatic heterocycles. The molecule has 5 rings (SSSR count). The third kappa shape index (κ3) is 10.5. The van der Waals surface area contributed by atoms with Crippen LogP contribution in [0.2, 0.25) is 0 Å². The molecule has 0 bridgehead atoms. The maximum Gasteiger partial charge on any atom is 0.0575 e. The van der Waals surface area contributed by atoms with Crippen LogP contribution in [0.4, 0.5) is 0 Å². The third-order valence-corrected chi connectivity index (χ3v) is 14.2. The molecule has 0 aromatic rings. The van der Waals surface area contributed by atoms with Crippen LogP contribution in [0.15, 0.2) is 0 Å². The van der Waals surface area contributed by atoms with E-state index in [0.29, 0.717) is 12.2 Å². The molecular formula is C42H76O2. The molecule has 256 valence electrons. The van der Waals surface area contributed by atoms with E-state index < -0.39 is 0 Å². The van der Waals surface area contributed by atoms with Crippen molar-refractivity contribution in [2.24, 2.45) is 34.5 Å². The minimum atomic E-state index is 0.580. The van der Waals surface area contributed by atoms with Gasteiger partial charge in [0.1, 0.15) is 0 Å². The van der Waals surface area contributed by atoms with Gasteiger partial charge in [0, 0.05) is 13.2 Å². The lowest BCUT2D eigenvalue weighted by Gasteiger charge is -2.62. The van der Waals surface area contributed by atoms with Gasteiger partial charge in [-0.3, -0.25) is 0 Å². The Morgan fingerprint density at radius 3 is 1.07 bits per heavy atom. The summed E-state index contributed by atoms with van der Waals surface area (Å²) in [7, 11) is 0. The van der Waals surface area contributed by atoms with E-state index in [9.17, 15) is 0 Å². The lowest BCUT2D eigenvalue weighted by molar-refractivity contribution is -0.111. The fourth-order valence-corrected chi connectivity index (χ4v) is 11.4. The summed E-state index contributed by atoms with van der Waals surface area (Å²) in [6.07, 6.45) is 44.6. The van der Waals surface area contributed by atoms with Gasteiger partial charge < -0.3 is 9.47 Å². The molecule has 0 atom stereocenters. The van der Waals surface area contributed by atoms with Crippen LogP contribution < -0.4 is 0 Å². The van der Waals surface area contributed by atoms with Crippen molar-refractivity contribution in [2.45, 2.75) is 219 Å². The molecule has 2 heteroatoms. The Bertz CT molecular complexity index is 672. The molecule has 5 saturated carbocycles. The van der Waals surface area contributed by atoms with Gasteiger partial charge in [-0.15, -0.1) is 0 Å². The fraction of sp³-hybridized carbons (Fsp3) is 1.00. The number of unbranched alkanes of at least 4 members (excludes halogenated alkanes) is 10. The summed E-state index contributed by atoms with van der Waals surface area (Å²) in [6, 6.07) is 0. The molecule has 2 nitrogen and oxygen atoms in total. The number of rotatable bonds is 18. The Morgan fingerprint density at radius 1 is 0.386 bits per heavy atom. The van der Waals surface area contributed by atoms with Crippen LogP contribution in [0.1, 0.15) is 206 Å². The summed E-state index contributed by atoms with van der Waals surface area (Å²) in [5.41, 5.74) is 1.54. The summed E-state index contributed by atoms with van der Waals surface area (Å²) in [5.74, 6) is 4.11. The van der Waals surface area contributed by atoms with Gasteiger partial charge in [-0.25, -0.2) is 0 Å². The van der Waals surface area contributed by atoms with Crippen molar-refractivity contribution in [3.05, 3.63) is 0 Å². The fourth-order valence-electron chi connectivity index (χ4n) is 11.4. The molecule has 2 spiro atoms. The van der Waals surface area contributed by atoms with E-state index in [1.807, 2.05) is 0 Å². The summed E-state index contributed by atoms with van der Waals surface area (Å²) in [6.45, 7) is 6.65. The highest BCUT2D eigenvalue weighted by molar-refractivity contribution is 5.07. The van der Waals surface area contributed by atoms with Gasteiger partial charge in [0.2, 0.25) is 0 Å². The van der Waals surface area contributed by atoms with E-state index in [2.05, 4.69) is 13.8 Å². The summed E-state index contributed by atoms with van der Waals surface area (Å²) >= 11 is 0. The van der Waals surface area contributed by atoms with Gasteiger partial charge in [0.05, 0.1) is 12.2 Å². The van der Waals surface area contributed by atoms with Crippen molar-refractivity contribution in [3.8, 4) is 0 Å². The molecule has 0 unspecified atom stereocenters. The Labute approximate surface area is 275 Å². The van der Waals surface area contributed by atoms with Crippen molar-refractivity contribution in [1.82, 2.24) is 0 Å². The van der Waals surface area contributed by atoms with Crippen LogP contribution >= 0.6 is 0 Å². The average molecular weight is 613 g/mol. The first-order valence-electron chi connectivity index (χ1n) is 20.9. The van der Waals surface area contributed by atoms with E-state index in [-0.39, 0.29) is 0 Å². The monoisotopic (exact) mass is 613 g/mol. The quantitative estimate of drug-likeness (QED) is 0.143. The van der Waals surface area contributed by atoms with Crippen LogP contribution in [0.3, 0.4) is 0 Å². The average Bonchev–Trinajstić information content (AvgIpc) is 3.05. The SMILES string of the molecule is CCCCCCCCOC1CCC(C2CCC3(CC2)CC2(CCC(C4CCC(OCCCCCCCC)CC4)CC2)C3)CC1. The minimum Gasteiger partial charge on any atom is -0.378 e. The van der Waals surface area contributed by atoms with E-state index in [0.717, 1.165) is 47.7 Å². The van der Waals surface area contributed by atoms with E-state index in [1.165, 1.54) is 128 Å². The second-order valence-corrected chi connectivity index (χ2v) is 17.4. The first-order chi connectivity index (χ1) is 21.6. The molecular weight excluding hydrogens is 536 g/mol. The molecule has 0 heterocycles. The van der Waals surface area contributed by atoms with Gasteiger partial charge in [-0.05, 0) is 163 Å². The predicted molar refractivity (Wildman–Crippen MR) is 188 cm³/mol. The molecule has 5 aliphatic carbocycles. The molecule has 0 N–H and O–H groups in total. The van der Waals surface area contributed by atoms with Crippen LogP contribution in [-0.2, 0) is 9.47 Å². The van der Waals surface area contributed by atoms with Gasteiger partial charge in [-0.2, -0.15) is 0 Å². The molecule has 0 amide bonds. The summed E-state index contributed by atoms with van der Waals surface area (Å²) in [4.78, 5) is 0. The standard InChI is InChI=1S/C42H76O2/c1-3-5-7-9-11-13-31-43-39-19-15-35(16-20-39)37-23-27-41(28-24-37)33-42(34-41)29-25-38(26-30-42)36-17-21-40(22-18-36)44-32-14-12-10-8-6-4-2/h35-40H,3-34H2,1-2H3. The topological polar surface area (TPSA) is 18.5 Å². The van der Waals surface area contributed by atoms with E-state index in [1.54, 1.807) is 64.2 Å². The van der Waals surface area contributed by atoms with Crippen molar-refractivity contribution < 1.29 is 9.47 Å². The Hall–Kier alpha value is -0.0800. The van der Waals surface area contributed by atoms with Crippen LogP contribution in [0.5, 0.6) is 0 Å². The van der Waals surface area contributed by atoms with Crippen molar-refractivity contribution in [2.75, 3.05) is 13.2 Å². The van der Waals surface area contributed by atoms with Gasteiger partial charge in [0.15, 0.2) is 0 Å². The Morgan fingerprint density at radius 2 is 0.705 bits per heavy atom. The zero-order valence-corrected chi connectivity index (χ0v) is 29.9. The van der Waals surface area contributed by atoms with Gasteiger partial charge in [0.25, 0.3) is 0 Å². The zero-order chi connectivity index (χ0) is 30.5. The maximum absolute atomic E-state index is 6.32. The number of hydrogen-bond acceptors (Lipinski definition) is 2.